The summed E-state index contributed by atoms with van der Waals surface area (Å²) in [6.07, 6.45) is 9.84. The molecule has 0 atom stereocenters. The second kappa shape index (κ2) is 7.64. The third kappa shape index (κ3) is 5.30. The lowest BCUT2D eigenvalue weighted by Crippen LogP contribution is -2.30. The third-order valence-corrected chi connectivity index (χ3v) is 5.21. The van der Waals surface area contributed by atoms with Crippen LogP contribution in [0, 0.1) is 0 Å². The Bertz CT molecular complexity index is 131. The molecule has 0 aromatic rings. The van der Waals surface area contributed by atoms with E-state index in [1.54, 1.807) is 0 Å². The number of unbranched alkanes of at least 4 members (excludes halogenated alkanes) is 2. The smallest absolute Gasteiger partial charge is 0.0794 e. The highest BCUT2D eigenvalue weighted by Crippen LogP contribution is 2.42. The molecule has 0 fully saturated rings. The monoisotopic (exact) mass is 215 g/mol. The van der Waals surface area contributed by atoms with Gasteiger partial charge >= 0.3 is 0 Å². The van der Waals surface area contributed by atoms with Crippen molar-refractivity contribution in [2.75, 3.05) is 31.3 Å². The summed E-state index contributed by atoms with van der Waals surface area (Å²) < 4.78 is 2.62. The predicted molar refractivity (Wildman–Crippen MR) is 71.4 cm³/mol. The van der Waals surface area contributed by atoms with Crippen molar-refractivity contribution in [1.29, 1.82) is 0 Å². The first-order valence-corrected chi connectivity index (χ1v) is 8.32. The van der Waals surface area contributed by atoms with E-state index in [1.165, 1.54) is 38.8 Å². The number of hydrogen-bond donors (Lipinski definition) is 0. The molecule has 14 heavy (non-hydrogen) atoms. The van der Waals surface area contributed by atoms with Gasteiger partial charge in [0, 0.05) is 13.1 Å². The van der Waals surface area contributed by atoms with Crippen LogP contribution in [0.3, 0.4) is 0 Å². The molecule has 0 saturated heterocycles. The standard InChI is InChI=1S/C11H26BNS/c1-5-7-9-13(10-8-6-2)14(3,4)11-12/h5-11H2,1-4H3. The maximum atomic E-state index is 5.85. The molecular weight excluding hydrogens is 189 g/mol. The number of nitrogens with zero attached hydrogens (tertiary/aromatic N) is 1. The van der Waals surface area contributed by atoms with Gasteiger partial charge in [-0.25, -0.2) is 10.2 Å². The van der Waals surface area contributed by atoms with Crippen molar-refractivity contribution < 1.29 is 0 Å². The van der Waals surface area contributed by atoms with Crippen molar-refractivity contribution >= 4 is 18.1 Å². The van der Waals surface area contributed by atoms with E-state index in [1.807, 2.05) is 0 Å². The fourth-order valence-corrected chi connectivity index (χ4v) is 2.84. The molecule has 0 spiro atoms. The summed E-state index contributed by atoms with van der Waals surface area (Å²) in [7, 11) is 5.15. The lowest BCUT2D eigenvalue weighted by atomic mass is 10.2. The highest BCUT2D eigenvalue weighted by molar-refractivity contribution is 8.31. The van der Waals surface area contributed by atoms with Crippen LogP contribution in [0.5, 0.6) is 0 Å². The van der Waals surface area contributed by atoms with Gasteiger partial charge in [-0.1, -0.05) is 26.7 Å². The maximum Gasteiger partial charge on any atom is 0.0794 e. The zero-order valence-electron chi connectivity index (χ0n) is 10.4. The predicted octanol–water partition coefficient (Wildman–Crippen LogP) is 2.99. The Balaban J connectivity index is 4.08. The minimum Gasteiger partial charge on any atom is -0.269 e. The molecule has 0 saturated carbocycles. The van der Waals surface area contributed by atoms with E-state index >= 15 is 0 Å². The summed E-state index contributed by atoms with van der Waals surface area (Å²) in [5.41, 5.74) is 0.834. The van der Waals surface area contributed by atoms with Crippen LogP contribution in [0.2, 0.25) is 0 Å². The molecule has 0 aliphatic carbocycles. The Morgan fingerprint density at radius 1 is 1.00 bits per heavy atom. The van der Waals surface area contributed by atoms with Gasteiger partial charge in [-0.15, -0.1) is 0 Å². The van der Waals surface area contributed by atoms with Crippen molar-refractivity contribution in [3.63, 3.8) is 0 Å². The van der Waals surface area contributed by atoms with Crippen LogP contribution in [0.1, 0.15) is 39.5 Å². The normalized spacial score (nSPS) is 13.5. The van der Waals surface area contributed by atoms with Crippen LogP contribution < -0.4 is 0 Å². The van der Waals surface area contributed by atoms with E-state index in [2.05, 4.69) is 30.7 Å². The summed E-state index contributed by atoms with van der Waals surface area (Å²) in [4.78, 5) is 0. The molecule has 0 amide bonds. The zero-order valence-corrected chi connectivity index (χ0v) is 11.2. The van der Waals surface area contributed by atoms with Gasteiger partial charge in [0.05, 0.1) is 7.85 Å². The highest BCUT2D eigenvalue weighted by Gasteiger charge is 2.17. The molecule has 0 aliphatic rings. The molecule has 2 radical (unpaired) electrons. The highest BCUT2D eigenvalue weighted by atomic mass is 32.3. The SMILES string of the molecule is [B]CS(C)(C)N(CCCC)CCCC. The van der Waals surface area contributed by atoms with Crippen molar-refractivity contribution in [2.45, 2.75) is 39.5 Å². The minimum atomic E-state index is -0.694. The van der Waals surface area contributed by atoms with Gasteiger partial charge in [-0.2, -0.15) is 0 Å². The fraction of sp³-hybridized carbons (Fsp3) is 1.00. The van der Waals surface area contributed by atoms with Crippen LogP contribution in [0.15, 0.2) is 0 Å². The van der Waals surface area contributed by atoms with E-state index in [0.29, 0.717) is 0 Å². The third-order valence-electron chi connectivity index (χ3n) is 2.63. The average Bonchev–Trinajstić information content (AvgIpc) is 2.17. The van der Waals surface area contributed by atoms with Gasteiger partial charge in [-0.05, 0) is 31.0 Å². The molecule has 3 heteroatoms. The Kier molecular flexibility index (Phi) is 7.84. The van der Waals surface area contributed by atoms with E-state index in [-0.39, 0.29) is 0 Å². The van der Waals surface area contributed by atoms with Crippen molar-refractivity contribution in [1.82, 2.24) is 4.31 Å². The molecule has 0 aromatic carbocycles. The van der Waals surface area contributed by atoms with Crippen LogP contribution in [-0.2, 0) is 0 Å². The Hall–Kier alpha value is 0.375. The summed E-state index contributed by atoms with van der Waals surface area (Å²) in [5.74, 6) is 0. The quantitative estimate of drug-likeness (QED) is 0.562. The molecule has 0 rings (SSSR count). The number of rotatable bonds is 8. The van der Waals surface area contributed by atoms with Crippen LogP contribution in [0.25, 0.3) is 0 Å². The fourth-order valence-electron chi connectivity index (χ4n) is 1.38. The minimum absolute atomic E-state index is 0.694. The van der Waals surface area contributed by atoms with Crippen LogP contribution in [-0.4, -0.2) is 43.4 Å². The van der Waals surface area contributed by atoms with Gasteiger partial charge in [0.2, 0.25) is 0 Å². The van der Waals surface area contributed by atoms with Crippen LogP contribution >= 0.6 is 10.2 Å². The van der Waals surface area contributed by atoms with Crippen molar-refractivity contribution in [2.24, 2.45) is 0 Å². The summed E-state index contributed by atoms with van der Waals surface area (Å²) in [5, 5.41) is 0. The van der Waals surface area contributed by atoms with Gasteiger partial charge in [0.1, 0.15) is 0 Å². The second-order valence-corrected chi connectivity index (χ2v) is 8.09. The van der Waals surface area contributed by atoms with Crippen LogP contribution in [0.4, 0.5) is 0 Å². The van der Waals surface area contributed by atoms with E-state index in [9.17, 15) is 0 Å². The zero-order chi connectivity index (χ0) is 11.0. The van der Waals surface area contributed by atoms with Gasteiger partial charge in [-0.3, -0.25) is 4.31 Å². The lowest BCUT2D eigenvalue weighted by Gasteiger charge is -2.43. The molecule has 0 heterocycles. The topological polar surface area (TPSA) is 3.24 Å². The summed E-state index contributed by atoms with van der Waals surface area (Å²) in [6.45, 7) is 6.97. The molecule has 84 valence electrons. The first kappa shape index (κ1) is 14.4. The molecular formula is C11H26BNS. The Morgan fingerprint density at radius 2 is 1.43 bits per heavy atom. The van der Waals surface area contributed by atoms with Gasteiger partial charge in [0.15, 0.2) is 0 Å². The molecule has 0 bridgehead atoms. The average molecular weight is 215 g/mol. The van der Waals surface area contributed by atoms with Gasteiger partial charge in [0.25, 0.3) is 0 Å². The van der Waals surface area contributed by atoms with E-state index in [4.69, 9.17) is 7.85 Å². The molecule has 0 N–H and O–H groups in total. The molecule has 1 nitrogen and oxygen atoms in total. The Morgan fingerprint density at radius 3 is 1.71 bits per heavy atom. The maximum absolute atomic E-state index is 5.85. The van der Waals surface area contributed by atoms with Crippen molar-refractivity contribution in [3.8, 4) is 0 Å². The van der Waals surface area contributed by atoms with E-state index < -0.39 is 10.2 Å². The summed E-state index contributed by atoms with van der Waals surface area (Å²) in [6, 6.07) is 0. The molecule has 0 unspecified atom stereocenters. The largest absolute Gasteiger partial charge is 0.269 e. The molecule has 0 aliphatic heterocycles. The Labute approximate surface area is 93.5 Å². The first-order chi connectivity index (χ1) is 6.58. The molecule has 0 aromatic heterocycles. The van der Waals surface area contributed by atoms with E-state index in [0.717, 1.165) is 5.65 Å². The summed E-state index contributed by atoms with van der Waals surface area (Å²) >= 11 is 0. The van der Waals surface area contributed by atoms with Gasteiger partial charge < -0.3 is 0 Å². The second-order valence-electron chi connectivity index (χ2n) is 4.28. The van der Waals surface area contributed by atoms with Crippen molar-refractivity contribution in [3.05, 3.63) is 0 Å². The lowest BCUT2D eigenvalue weighted by molar-refractivity contribution is 0.436. The number of hydrogen-bond acceptors (Lipinski definition) is 1. The first-order valence-electron chi connectivity index (χ1n) is 5.74.